The smallest absolute Gasteiger partial charge is 0.449 e. The van der Waals surface area contributed by atoms with Crippen LogP contribution in [-0.4, -0.2) is 93.6 Å². The minimum absolute atomic E-state index is 0.0725. The number of halogens is 3. The molecule has 5 heterocycles. The summed E-state index contributed by atoms with van der Waals surface area (Å²) in [6.45, 7) is 0.554. The largest absolute Gasteiger partial charge is 0.480 e. The molecule has 2 aliphatic rings. The van der Waals surface area contributed by atoms with Crippen molar-refractivity contribution in [3.05, 3.63) is 72.4 Å². The summed E-state index contributed by atoms with van der Waals surface area (Å²) in [5.74, 6) is -0.127. The first-order chi connectivity index (χ1) is 22.5. The monoisotopic (exact) mass is 669 g/mol. The molecule has 47 heavy (non-hydrogen) atoms. The van der Waals surface area contributed by atoms with Gasteiger partial charge in [0.25, 0.3) is 0 Å². The Balaban J connectivity index is 1.23. The molecule has 7 rings (SSSR count). The zero-order chi connectivity index (χ0) is 32.9. The molecule has 1 amide bonds. The molecule has 2 saturated heterocycles. The number of carbonyl (C=O) groups excluding carboxylic acids is 1. The number of rotatable bonds is 6. The van der Waals surface area contributed by atoms with E-state index < -0.39 is 41.1 Å². The zero-order valence-electron chi connectivity index (χ0n) is 25.5. The zero-order valence-corrected chi connectivity index (χ0v) is 26.3. The molecule has 3 aromatic heterocycles. The molecule has 5 aromatic rings. The van der Waals surface area contributed by atoms with E-state index in [-0.39, 0.29) is 23.6 Å². The van der Waals surface area contributed by atoms with Gasteiger partial charge < -0.3 is 19.2 Å². The van der Waals surface area contributed by atoms with Crippen molar-refractivity contribution in [3.8, 4) is 17.1 Å². The summed E-state index contributed by atoms with van der Waals surface area (Å²) in [4.78, 5) is 34.3. The molecule has 0 bridgehead atoms. The quantitative estimate of drug-likeness (QED) is 0.207. The standard InChI is InChI=1S/C32H34F3N7O4S/c1-46-30-22(16-20-6-2-3-7-23(20)38-30)25-17-36-29(37-25)27-18-40(21-10-14-47(44,45)15-11-21)12-13-41(27)28(43)19-42-26-9-5-4-8-24(26)39-31(42)32(33,34)35/h2-9,16-17,21,27,44-45H,10-15,18-19H2,1H3,(H,36,37)/t27-/m0/s1. The maximum absolute atomic E-state index is 14.1. The highest BCUT2D eigenvalue weighted by molar-refractivity contribution is 8.24. The summed E-state index contributed by atoms with van der Waals surface area (Å²) in [5.41, 5.74) is 2.44. The average molecular weight is 670 g/mol. The van der Waals surface area contributed by atoms with Crippen molar-refractivity contribution in [1.29, 1.82) is 0 Å². The Morgan fingerprint density at radius 2 is 1.77 bits per heavy atom. The Labute approximate surface area is 269 Å². The number of amides is 1. The van der Waals surface area contributed by atoms with Crippen LogP contribution < -0.4 is 4.74 Å². The van der Waals surface area contributed by atoms with Crippen LogP contribution >= 0.6 is 10.6 Å². The van der Waals surface area contributed by atoms with Crippen LogP contribution in [0.3, 0.4) is 0 Å². The number of nitrogens with zero attached hydrogens (tertiary/aromatic N) is 6. The van der Waals surface area contributed by atoms with Gasteiger partial charge in [-0.1, -0.05) is 30.3 Å². The first-order valence-corrected chi connectivity index (χ1v) is 17.2. The number of aromatic nitrogens is 5. The molecule has 3 N–H and O–H groups in total. The highest BCUT2D eigenvalue weighted by Gasteiger charge is 2.41. The lowest BCUT2D eigenvalue weighted by Crippen LogP contribution is -2.55. The summed E-state index contributed by atoms with van der Waals surface area (Å²) in [6, 6.07) is 15.3. The van der Waals surface area contributed by atoms with E-state index in [9.17, 15) is 27.1 Å². The average Bonchev–Trinajstić information content (AvgIpc) is 3.70. The number of aromatic amines is 1. The van der Waals surface area contributed by atoms with Crippen LogP contribution in [0.2, 0.25) is 0 Å². The SMILES string of the molecule is COc1nc2ccccc2cc1-c1cnc([C@@H]2CN(C3CCS(O)(O)CC3)CCN2C(=O)Cn2c(C(F)(F)F)nc3ccccc32)[nH]1. The van der Waals surface area contributed by atoms with Crippen molar-refractivity contribution in [2.45, 2.75) is 37.6 Å². The van der Waals surface area contributed by atoms with Crippen LogP contribution in [0.25, 0.3) is 33.2 Å². The normalized spacial score (nSPS) is 20.1. The van der Waals surface area contributed by atoms with Crippen molar-refractivity contribution < 1.29 is 31.8 Å². The van der Waals surface area contributed by atoms with Crippen LogP contribution in [0.15, 0.2) is 60.8 Å². The summed E-state index contributed by atoms with van der Waals surface area (Å²) in [7, 11) is -1.05. The molecule has 248 valence electrons. The number of ether oxygens (including phenoxy) is 1. The number of carbonyl (C=O) groups is 1. The van der Waals surface area contributed by atoms with Crippen LogP contribution in [0.5, 0.6) is 5.88 Å². The van der Waals surface area contributed by atoms with Gasteiger partial charge in [-0.2, -0.15) is 23.8 Å². The Hall–Kier alpha value is -4.18. The molecule has 0 unspecified atom stereocenters. The molecule has 0 saturated carbocycles. The molecule has 0 spiro atoms. The summed E-state index contributed by atoms with van der Waals surface area (Å²) in [5, 5.41) is 0.899. The van der Waals surface area contributed by atoms with Crippen LogP contribution in [0.4, 0.5) is 13.2 Å². The number of methoxy groups -OCH3 is 1. The van der Waals surface area contributed by atoms with E-state index in [0.717, 1.165) is 15.5 Å². The van der Waals surface area contributed by atoms with E-state index in [4.69, 9.17) is 4.74 Å². The third-order valence-corrected chi connectivity index (χ3v) is 10.9. The van der Waals surface area contributed by atoms with Gasteiger partial charge in [0, 0.05) is 42.6 Å². The summed E-state index contributed by atoms with van der Waals surface area (Å²) in [6.07, 6.45) is -1.91. The van der Waals surface area contributed by atoms with E-state index in [1.165, 1.54) is 19.2 Å². The van der Waals surface area contributed by atoms with Gasteiger partial charge in [0.1, 0.15) is 18.4 Å². The fourth-order valence-corrected chi connectivity index (χ4v) is 8.20. The molecule has 0 radical (unpaired) electrons. The topological polar surface area (TPSA) is 133 Å². The van der Waals surface area contributed by atoms with Gasteiger partial charge in [-0.15, -0.1) is 0 Å². The second-order valence-corrected chi connectivity index (χ2v) is 14.4. The van der Waals surface area contributed by atoms with Gasteiger partial charge in [0.05, 0.1) is 41.1 Å². The minimum Gasteiger partial charge on any atom is -0.480 e. The van der Waals surface area contributed by atoms with Gasteiger partial charge in [-0.05, 0) is 37.1 Å². The van der Waals surface area contributed by atoms with Gasteiger partial charge in [-0.3, -0.25) is 18.8 Å². The van der Waals surface area contributed by atoms with Crippen LogP contribution in [0.1, 0.15) is 30.5 Å². The maximum Gasteiger partial charge on any atom is 0.449 e. The van der Waals surface area contributed by atoms with Gasteiger partial charge in [-0.25, -0.2) is 15.0 Å². The number of para-hydroxylation sites is 3. The number of benzene rings is 2. The van der Waals surface area contributed by atoms with E-state index in [1.54, 1.807) is 23.2 Å². The lowest BCUT2D eigenvalue weighted by Gasteiger charge is -2.47. The van der Waals surface area contributed by atoms with Crippen molar-refractivity contribution in [3.63, 3.8) is 0 Å². The Morgan fingerprint density at radius 1 is 1.04 bits per heavy atom. The number of imidazole rings is 2. The number of hydrogen-bond acceptors (Lipinski definition) is 8. The van der Waals surface area contributed by atoms with Crippen molar-refractivity contribution in [1.82, 2.24) is 34.3 Å². The number of H-pyrrole nitrogens is 1. The predicted molar refractivity (Wildman–Crippen MR) is 172 cm³/mol. The van der Waals surface area contributed by atoms with E-state index in [2.05, 4.69) is 24.8 Å². The number of nitrogens with one attached hydrogen (secondary N) is 1. The number of pyridine rings is 1. The van der Waals surface area contributed by atoms with E-state index >= 15 is 0 Å². The molecule has 15 heteroatoms. The van der Waals surface area contributed by atoms with Gasteiger partial charge in [0.15, 0.2) is 0 Å². The summed E-state index contributed by atoms with van der Waals surface area (Å²) >= 11 is 0. The highest BCUT2D eigenvalue weighted by Crippen LogP contribution is 2.45. The molecular weight excluding hydrogens is 635 g/mol. The molecule has 11 nitrogen and oxygen atoms in total. The van der Waals surface area contributed by atoms with E-state index in [0.29, 0.717) is 60.4 Å². The Kier molecular flexibility index (Phi) is 8.10. The molecule has 0 aliphatic carbocycles. The molecule has 2 aromatic carbocycles. The highest BCUT2D eigenvalue weighted by atomic mass is 32.3. The summed E-state index contributed by atoms with van der Waals surface area (Å²) < 4.78 is 69.1. The number of alkyl halides is 3. The number of piperazine rings is 1. The van der Waals surface area contributed by atoms with Crippen LogP contribution in [0, 0.1) is 0 Å². The first-order valence-electron chi connectivity index (χ1n) is 15.3. The maximum atomic E-state index is 14.1. The molecular formula is C32H34F3N7O4S. The number of fused-ring (bicyclic) bond motifs is 2. The fraction of sp³-hybridized carbons (Fsp3) is 0.375. The number of hydrogen-bond donors (Lipinski definition) is 3. The third kappa shape index (κ3) is 6.15. The Morgan fingerprint density at radius 3 is 2.51 bits per heavy atom. The minimum atomic E-state index is -4.75. The molecule has 2 aliphatic heterocycles. The lowest BCUT2D eigenvalue weighted by atomic mass is 10.0. The van der Waals surface area contributed by atoms with Crippen molar-refractivity contribution >= 4 is 38.4 Å². The third-order valence-electron chi connectivity index (χ3n) is 9.09. The van der Waals surface area contributed by atoms with Gasteiger partial charge >= 0.3 is 6.18 Å². The first kappa shape index (κ1) is 31.4. The lowest BCUT2D eigenvalue weighted by molar-refractivity contribution is -0.148. The molecule has 2 fully saturated rings. The molecule has 1 atom stereocenters. The predicted octanol–water partition coefficient (Wildman–Crippen LogP) is 5.80. The van der Waals surface area contributed by atoms with Crippen molar-refractivity contribution in [2.75, 3.05) is 38.2 Å². The fourth-order valence-electron chi connectivity index (χ4n) is 6.70. The Bertz CT molecular complexity index is 1930. The second kappa shape index (κ2) is 12.1. The second-order valence-electron chi connectivity index (χ2n) is 12.0. The van der Waals surface area contributed by atoms with Crippen LogP contribution in [-0.2, 0) is 17.5 Å². The van der Waals surface area contributed by atoms with Gasteiger partial charge in [0.2, 0.25) is 17.6 Å². The van der Waals surface area contributed by atoms with Crippen molar-refractivity contribution in [2.24, 2.45) is 0 Å². The van der Waals surface area contributed by atoms with E-state index in [1.807, 2.05) is 30.3 Å².